The number of anilines is 1. The van der Waals surface area contributed by atoms with Gasteiger partial charge in [-0.25, -0.2) is 15.0 Å². The molecule has 0 unspecified atom stereocenters. The molecule has 0 aliphatic carbocycles. The zero-order chi connectivity index (χ0) is 22.6. The lowest BCUT2D eigenvalue weighted by Gasteiger charge is -2.10. The summed E-state index contributed by atoms with van der Waals surface area (Å²) in [5.41, 5.74) is 8.61. The van der Waals surface area contributed by atoms with Crippen LogP contribution in [0, 0.1) is 0 Å². The monoisotopic (exact) mass is 468 g/mol. The summed E-state index contributed by atoms with van der Waals surface area (Å²) in [5, 5.41) is 12.5. The molecule has 3 aromatic rings. The summed E-state index contributed by atoms with van der Waals surface area (Å²) in [6.07, 6.45) is 5.05. The lowest BCUT2D eigenvalue weighted by Crippen LogP contribution is -2.34. The number of thiocarbonyl (C=S) groups is 1. The van der Waals surface area contributed by atoms with E-state index in [-0.39, 0.29) is 0 Å². The molecule has 32 heavy (non-hydrogen) atoms. The topological polar surface area (TPSA) is 113 Å². The molecular weight excluding hydrogens is 440 g/mol. The first-order chi connectivity index (χ1) is 15.6. The summed E-state index contributed by atoms with van der Waals surface area (Å²) in [5.74, 6) is 0.924. The Morgan fingerprint density at radius 1 is 1.09 bits per heavy atom. The number of hydrogen-bond acceptors (Lipinski definition) is 6. The van der Waals surface area contributed by atoms with Crippen LogP contribution >= 0.6 is 23.6 Å². The van der Waals surface area contributed by atoms with Crippen LogP contribution in [0.5, 0.6) is 0 Å². The molecule has 0 spiro atoms. The zero-order valence-electron chi connectivity index (χ0n) is 18.0. The number of thiazole rings is 1. The molecule has 0 fully saturated rings. The molecule has 168 valence electrons. The third-order valence-electron chi connectivity index (χ3n) is 4.45. The van der Waals surface area contributed by atoms with Crippen molar-refractivity contribution in [1.29, 1.82) is 0 Å². The van der Waals surface area contributed by atoms with Gasteiger partial charge in [0.2, 0.25) is 0 Å². The largest absolute Gasteiger partial charge is 0.370 e. The maximum atomic E-state index is 5.94. The van der Waals surface area contributed by atoms with Gasteiger partial charge in [-0.3, -0.25) is 4.99 Å². The predicted molar refractivity (Wildman–Crippen MR) is 135 cm³/mol. The van der Waals surface area contributed by atoms with Gasteiger partial charge in [0, 0.05) is 24.7 Å². The Morgan fingerprint density at radius 2 is 1.91 bits per heavy atom. The summed E-state index contributed by atoms with van der Waals surface area (Å²) in [7, 11) is 0. The van der Waals surface area contributed by atoms with Gasteiger partial charge in [0.05, 0.1) is 12.2 Å². The zero-order valence-corrected chi connectivity index (χ0v) is 19.7. The lowest BCUT2D eigenvalue weighted by molar-refractivity contribution is 0.727. The highest BCUT2D eigenvalue weighted by molar-refractivity contribution is 7.80. The second kappa shape index (κ2) is 12.7. The standard InChI is InChI=1S/C22H28N8S2/c1-2-3-7-11-25-20(23)30-22-29-18(15-32-22)19-24-12-10-17(28-19)14-27-21(31)26-13-16-8-5-4-6-9-16/h4-6,8-10,12,15H,2-3,7,11,13-14H2,1H3,(H2,26,27,31)(H3,23,25,29,30). The molecule has 10 heteroatoms. The minimum Gasteiger partial charge on any atom is -0.370 e. The van der Waals surface area contributed by atoms with Crippen LogP contribution in [0.4, 0.5) is 5.13 Å². The van der Waals surface area contributed by atoms with E-state index < -0.39 is 0 Å². The molecule has 0 aliphatic rings. The number of rotatable bonds is 10. The number of guanidine groups is 1. The molecule has 0 saturated carbocycles. The third-order valence-corrected chi connectivity index (χ3v) is 5.50. The maximum Gasteiger partial charge on any atom is 0.194 e. The molecule has 8 nitrogen and oxygen atoms in total. The molecule has 1 aromatic carbocycles. The summed E-state index contributed by atoms with van der Waals surface area (Å²) >= 11 is 6.79. The van der Waals surface area contributed by atoms with Crippen molar-refractivity contribution in [2.75, 3.05) is 11.9 Å². The van der Waals surface area contributed by atoms with Crippen LogP contribution in [0.1, 0.15) is 37.4 Å². The number of aromatic nitrogens is 3. The molecule has 3 rings (SSSR count). The van der Waals surface area contributed by atoms with Gasteiger partial charge in [0.1, 0.15) is 5.69 Å². The van der Waals surface area contributed by atoms with E-state index >= 15 is 0 Å². The van der Waals surface area contributed by atoms with E-state index in [1.165, 1.54) is 16.9 Å². The quantitative estimate of drug-likeness (QED) is 0.154. The van der Waals surface area contributed by atoms with Gasteiger partial charge in [0.25, 0.3) is 0 Å². The van der Waals surface area contributed by atoms with E-state index in [1.807, 2.05) is 29.6 Å². The van der Waals surface area contributed by atoms with Crippen LogP contribution in [0.2, 0.25) is 0 Å². The van der Waals surface area contributed by atoms with Gasteiger partial charge < -0.3 is 21.7 Å². The Labute approximate surface area is 197 Å². The van der Waals surface area contributed by atoms with E-state index in [1.54, 1.807) is 6.20 Å². The van der Waals surface area contributed by atoms with E-state index in [0.717, 1.165) is 25.0 Å². The van der Waals surface area contributed by atoms with Crippen molar-refractivity contribution in [3.63, 3.8) is 0 Å². The van der Waals surface area contributed by atoms with E-state index in [4.69, 9.17) is 18.0 Å². The van der Waals surface area contributed by atoms with Crippen molar-refractivity contribution in [3.8, 4) is 11.5 Å². The fraction of sp³-hybridized carbons (Fsp3) is 0.318. The average molecular weight is 469 g/mol. The van der Waals surface area contributed by atoms with Crippen LogP contribution in [0.25, 0.3) is 11.5 Å². The van der Waals surface area contributed by atoms with Gasteiger partial charge in [-0.05, 0) is 30.3 Å². The second-order valence-corrected chi connectivity index (χ2v) is 8.30. The third kappa shape index (κ3) is 7.86. The Morgan fingerprint density at radius 3 is 2.72 bits per heavy atom. The van der Waals surface area contributed by atoms with Gasteiger partial charge in [0.15, 0.2) is 22.0 Å². The molecule has 0 aliphatic heterocycles. The molecule has 2 aromatic heterocycles. The number of nitrogens with two attached hydrogens (primary N) is 1. The van der Waals surface area contributed by atoms with E-state index in [0.29, 0.717) is 47.4 Å². The minimum atomic E-state index is 0.373. The summed E-state index contributed by atoms with van der Waals surface area (Å²) in [4.78, 5) is 17.8. The van der Waals surface area contributed by atoms with Crippen molar-refractivity contribution in [2.24, 2.45) is 10.7 Å². The van der Waals surface area contributed by atoms with Gasteiger partial charge >= 0.3 is 0 Å². The van der Waals surface area contributed by atoms with Gasteiger partial charge in [-0.15, -0.1) is 11.3 Å². The Bertz CT molecular complexity index is 1020. The maximum absolute atomic E-state index is 5.94. The molecule has 0 atom stereocenters. The van der Waals surface area contributed by atoms with Gasteiger partial charge in [-0.2, -0.15) is 0 Å². The van der Waals surface area contributed by atoms with Crippen LogP contribution < -0.4 is 21.7 Å². The highest BCUT2D eigenvalue weighted by Crippen LogP contribution is 2.22. The SMILES string of the molecule is CCCCCN=C(N)Nc1nc(-c2nccc(CNC(=S)NCc3ccccc3)n2)cs1. The Kier molecular flexibility index (Phi) is 9.33. The number of unbranched alkanes of at least 4 members (excludes halogenated alkanes) is 2. The van der Waals surface area contributed by atoms with E-state index in [9.17, 15) is 0 Å². The molecule has 2 heterocycles. The number of hydrogen-bond donors (Lipinski definition) is 4. The lowest BCUT2D eigenvalue weighted by atomic mass is 10.2. The van der Waals surface area contributed by atoms with Crippen LogP contribution in [0.3, 0.4) is 0 Å². The molecular formula is C22H28N8S2. The summed E-state index contributed by atoms with van der Waals surface area (Å²) in [6.45, 7) is 4.03. The molecule has 5 N–H and O–H groups in total. The number of nitrogens with one attached hydrogen (secondary N) is 3. The second-order valence-electron chi connectivity index (χ2n) is 7.03. The van der Waals surface area contributed by atoms with Crippen molar-refractivity contribution in [1.82, 2.24) is 25.6 Å². The smallest absolute Gasteiger partial charge is 0.194 e. The van der Waals surface area contributed by atoms with Crippen molar-refractivity contribution in [3.05, 3.63) is 59.2 Å². The van der Waals surface area contributed by atoms with Gasteiger partial charge in [-0.1, -0.05) is 50.1 Å². The first-order valence-electron chi connectivity index (χ1n) is 10.5. The normalized spacial score (nSPS) is 11.2. The highest BCUT2D eigenvalue weighted by Gasteiger charge is 2.09. The molecule has 0 amide bonds. The summed E-state index contributed by atoms with van der Waals surface area (Å²) < 4.78 is 0. The average Bonchev–Trinajstić information content (AvgIpc) is 3.28. The van der Waals surface area contributed by atoms with Crippen molar-refractivity contribution >= 4 is 39.8 Å². The fourth-order valence-corrected chi connectivity index (χ4v) is 3.61. The Balaban J connectivity index is 1.50. The van der Waals surface area contributed by atoms with Crippen molar-refractivity contribution < 1.29 is 0 Å². The Hall–Kier alpha value is -3.11. The summed E-state index contributed by atoms with van der Waals surface area (Å²) in [6, 6.07) is 12.0. The van der Waals surface area contributed by atoms with E-state index in [2.05, 4.69) is 55.0 Å². The molecule has 0 radical (unpaired) electrons. The van der Waals surface area contributed by atoms with Crippen LogP contribution in [-0.4, -0.2) is 32.6 Å². The van der Waals surface area contributed by atoms with Crippen molar-refractivity contribution in [2.45, 2.75) is 39.3 Å². The molecule has 0 bridgehead atoms. The minimum absolute atomic E-state index is 0.373. The first kappa shape index (κ1) is 23.6. The predicted octanol–water partition coefficient (Wildman–Crippen LogP) is 3.68. The highest BCUT2D eigenvalue weighted by atomic mass is 32.1. The fourth-order valence-electron chi connectivity index (χ4n) is 2.77. The van der Waals surface area contributed by atoms with Crippen LogP contribution in [-0.2, 0) is 13.1 Å². The number of aliphatic imine (C=N–C) groups is 1. The number of nitrogens with zero attached hydrogens (tertiary/aromatic N) is 4. The number of benzene rings is 1. The first-order valence-corrected chi connectivity index (χ1v) is 11.8. The molecule has 0 saturated heterocycles. The van der Waals surface area contributed by atoms with Crippen LogP contribution in [0.15, 0.2) is 53.0 Å².